The molecular formula is C13H21N3OS. The Hall–Kier alpha value is -0.810. The van der Waals surface area contributed by atoms with Gasteiger partial charge in [0.05, 0.1) is 11.7 Å². The lowest BCUT2D eigenvalue weighted by Gasteiger charge is -2.18. The van der Waals surface area contributed by atoms with E-state index in [1.165, 1.54) is 0 Å². The Labute approximate surface area is 112 Å². The smallest absolute Gasteiger partial charge is 0.144 e. The zero-order valence-electron chi connectivity index (χ0n) is 11.7. The molecule has 2 heterocycles. The highest BCUT2D eigenvalue weighted by Crippen LogP contribution is 2.32. The van der Waals surface area contributed by atoms with Crippen LogP contribution in [0.4, 0.5) is 0 Å². The van der Waals surface area contributed by atoms with Gasteiger partial charge in [0.1, 0.15) is 21.8 Å². The van der Waals surface area contributed by atoms with Crippen molar-refractivity contribution >= 4 is 17.1 Å². The van der Waals surface area contributed by atoms with Crippen molar-refractivity contribution in [3.8, 4) is 0 Å². The molecule has 1 aromatic rings. The molecule has 1 aromatic heterocycles. The van der Waals surface area contributed by atoms with Crippen LogP contribution in [0.1, 0.15) is 52.8 Å². The van der Waals surface area contributed by atoms with Crippen molar-refractivity contribution in [2.24, 2.45) is 10.3 Å². The molecule has 0 spiro atoms. The number of rotatable bonds is 2. The number of aromatic nitrogens is 2. The second-order valence-corrected chi connectivity index (χ2v) is 7.98. The Morgan fingerprint density at radius 3 is 2.72 bits per heavy atom. The lowest BCUT2D eigenvalue weighted by Crippen LogP contribution is -2.26. The van der Waals surface area contributed by atoms with Gasteiger partial charge in [0, 0.05) is 12.6 Å². The van der Waals surface area contributed by atoms with Crippen LogP contribution in [0.15, 0.2) is 16.7 Å². The molecule has 100 valence electrons. The second kappa shape index (κ2) is 4.70. The van der Waals surface area contributed by atoms with E-state index in [4.69, 9.17) is 0 Å². The number of nitrogens with zero attached hydrogens (tertiary/aromatic N) is 3. The number of hydrogen-bond acceptors (Lipinski definition) is 3. The highest BCUT2D eigenvalue weighted by Gasteiger charge is 2.34. The van der Waals surface area contributed by atoms with E-state index in [0.717, 1.165) is 17.8 Å². The number of fused-ring (bicyclic) bond motifs is 1. The second-order valence-electron chi connectivity index (χ2n) is 6.08. The number of hydrogen-bond donors (Lipinski definition) is 0. The maximum atomic E-state index is 12.1. The molecule has 1 aliphatic rings. The third-order valence-electron chi connectivity index (χ3n) is 3.17. The van der Waals surface area contributed by atoms with Crippen molar-refractivity contribution in [3.63, 3.8) is 0 Å². The van der Waals surface area contributed by atoms with E-state index in [1.54, 1.807) is 6.20 Å². The van der Waals surface area contributed by atoms with E-state index in [-0.39, 0.29) is 4.75 Å². The normalized spacial score (nSPS) is 23.7. The molecule has 0 aliphatic carbocycles. The first-order chi connectivity index (χ1) is 8.30. The minimum Gasteiger partial charge on any atom is -0.591 e. The van der Waals surface area contributed by atoms with E-state index in [1.807, 2.05) is 31.5 Å². The molecule has 0 amide bonds. The molecule has 0 saturated carbocycles. The summed E-state index contributed by atoms with van der Waals surface area (Å²) in [5.41, 5.74) is 1.95. The Morgan fingerprint density at radius 1 is 1.50 bits per heavy atom. The fraction of sp³-hybridized carbons (Fsp3) is 0.692. The first kappa shape index (κ1) is 13.6. The van der Waals surface area contributed by atoms with Gasteiger partial charge in [-0.25, -0.2) is 0 Å². The van der Waals surface area contributed by atoms with Crippen LogP contribution >= 0.6 is 0 Å². The fourth-order valence-electron chi connectivity index (χ4n) is 2.04. The van der Waals surface area contributed by atoms with Gasteiger partial charge in [-0.1, -0.05) is 18.2 Å². The van der Waals surface area contributed by atoms with Crippen LogP contribution in [-0.4, -0.2) is 24.8 Å². The molecule has 2 rings (SSSR count). The minimum absolute atomic E-state index is 0.312. The topological polar surface area (TPSA) is 53.2 Å². The van der Waals surface area contributed by atoms with Crippen LogP contribution in [0.5, 0.6) is 0 Å². The summed E-state index contributed by atoms with van der Waals surface area (Å²) in [6.07, 6.45) is 2.63. The summed E-state index contributed by atoms with van der Waals surface area (Å²) >= 11 is -1.20. The van der Waals surface area contributed by atoms with Crippen LogP contribution in [0.3, 0.4) is 0 Å². The molecule has 2 unspecified atom stereocenters. The molecule has 0 N–H and O–H groups in total. The van der Waals surface area contributed by atoms with E-state index in [9.17, 15) is 4.55 Å². The van der Waals surface area contributed by atoms with Gasteiger partial charge >= 0.3 is 0 Å². The van der Waals surface area contributed by atoms with Crippen molar-refractivity contribution in [2.75, 3.05) is 0 Å². The van der Waals surface area contributed by atoms with E-state index < -0.39 is 11.4 Å². The lowest BCUT2D eigenvalue weighted by atomic mass is 10.0. The Balaban J connectivity index is 2.31. The third kappa shape index (κ3) is 2.47. The van der Waals surface area contributed by atoms with Gasteiger partial charge < -0.3 is 4.55 Å². The van der Waals surface area contributed by atoms with Crippen LogP contribution in [-0.2, 0) is 11.4 Å². The molecule has 0 fully saturated rings. The molecule has 4 nitrogen and oxygen atoms in total. The summed E-state index contributed by atoms with van der Waals surface area (Å²) in [6.45, 7) is 10.2. The van der Waals surface area contributed by atoms with Crippen LogP contribution in [0, 0.1) is 5.92 Å². The van der Waals surface area contributed by atoms with Crippen molar-refractivity contribution in [2.45, 2.75) is 51.8 Å². The van der Waals surface area contributed by atoms with Gasteiger partial charge in [-0.05, 0) is 32.8 Å². The van der Waals surface area contributed by atoms with Crippen LogP contribution in [0.25, 0.3) is 0 Å². The SMILES string of the molecule is CC(C)C1C/C(=N/[S+]([O-])C(C)(C)C)c2ccnn21. The van der Waals surface area contributed by atoms with Gasteiger partial charge in [-0.15, -0.1) is 0 Å². The minimum atomic E-state index is -1.20. The first-order valence-electron chi connectivity index (χ1n) is 6.34. The fourth-order valence-corrected chi connectivity index (χ4v) is 2.68. The predicted molar refractivity (Wildman–Crippen MR) is 75.2 cm³/mol. The molecule has 18 heavy (non-hydrogen) atoms. The van der Waals surface area contributed by atoms with E-state index in [2.05, 4.69) is 23.3 Å². The molecule has 0 saturated heterocycles. The largest absolute Gasteiger partial charge is 0.591 e. The maximum Gasteiger partial charge on any atom is 0.144 e. The maximum absolute atomic E-state index is 12.1. The molecule has 1 aliphatic heterocycles. The van der Waals surface area contributed by atoms with Crippen molar-refractivity contribution in [1.82, 2.24) is 9.78 Å². The molecule has 5 heteroatoms. The van der Waals surface area contributed by atoms with Gasteiger partial charge in [-0.3, -0.25) is 4.68 Å². The van der Waals surface area contributed by atoms with Crippen molar-refractivity contribution in [3.05, 3.63) is 18.0 Å². The standard InChI is InChI=1S/C13H21N3OS/c1-9(2)12-8-10(11-6-7-14-16(11)12)15-18(17)13(3,4)5/h6-7,9,12H,8H2,1-5H3/b15-10-. The Morgan fingerprint density at radius 2 is 2.17 bits per heavy atom. The summed E-state index contributed by atoms with van der Waals surface area (Å²) in [7, 11) is 0. The van der Waals surface area contributed by atoms with Crippen molar-refractivity contribution in [1.29, 1.82) is 0 Å². The zero-order valence-corrected chi connectivity index (χ0v) is 12.5. The van der Waals surface area contributed by atoms with Crippen molar-refractivity contribution < 1.29 is 4.55 Å². The Kier molecular flexibility index (Phi) is 3.56. The lowest BCUT2D eigenvalue weighted by molar-refractivity contribution is 0.373. The van der Waals surface area contributed by atoms with Gasteiger partial charge in [-0.2, -0.15) is 5.10 Å². The molecule has 0 aromatic carbocycles. The highest BCUT2D eigenvalue weighted by molar-refractivity contribution is 7.91. The zero-order chi connectivity index (χ0) is 13.5. The quantitative estimate of drug-likeness (QED) is 0.774. The predicted octanol–water partition coefficient (Wildman–Crippen LogP) is 2.74. The first-order valence-corrected chi connectivity index (χ1v) is 7.45. The molecule has 0 bridgehead atoms. The summed E-state index contributed by atoms with van der Waals surface area (Å²) in [4.78, 5) is 0. The average Bonchev–Trinajstić information content (AvgIpc) is 2.79. The third-order valence-corrected chi connectivity index (χ3v) is 4.60. The summed E-state index contributed by atoms with van der Waals surface area (Å²) in [5, 5.41) is 4.36. The summed E-state index contributed by atoms with van der Waals surface area (Å²) < 4.78 is 18.2. The molecule has 2 atom stereocenters. The Bertz CT molecular complexity index is 459. The highest BCUT2D eigenvalue weighted by atomic mass is 32.2. The molecule has 0 radical (unpaired) electrons. The monoisotopic (exact) mass is 267 g/mol. The van der Waals surface area contributed by atoms with Gasteiger partial charge in [0.2, 0.25) is 0 Å². The van der Waals surface area contributed by atoms with Gasteiger partial charge in [0.25, 0.3) is 0 Å². The van der Waals surface area contributed by atoms with E-state index >= 15 is 0 Å². The van der Waals surface area contributed by atoms with Crippen LogP contribution < -0.4 is 0 Å². The van der Waals surface area contributed by atoms with E-state index in [0.29, 0.717) is 12.0 Å². The van der Waals surface area contributed by atoms with Crippen LogP contribution in [0.2, 0.25) is 0 Å². The summed E-state index contributed by atoms with van der Waals surface area (Å²) in [6, 6.07) is 2.30. The van der Waals surface area contributed by atoms with Gasteiger partial charge in [0.15, 0.2) is 0 Å². The molecular weight excluding hydrogens is 246 g/mol. The average molecular weight is 267 g/mol. The summed E-state index contributed by atoms with van der Waals surface area (Å²) in [5.74, 6) is 0.499.